The fraction of sp³-hybridized carbons (Fsp3) is 0.550. The SMILES string of the molecule is CCCN1[C@@H]2CCC[C@H]1CC(NC(=O)/C=C/c1ccccc1)C2. The zero-order chi connectivity index (χ0) is 16.1. The first-order chi connectivity index (χ1) is 11.3. The van der Waals surface area contributed by atoms with Crippen LogP contribution in [0.4, 0.5) is 0 Å². The van der Waals surface area contributed by atoms with Gasteiger partial charge < -0.3 is 5.32 Å². The van der Waals surface area contributed by atoms with Crippen LogP contribution in [0.3, 0.4) is 0 Å². The van der Waals surface area contributed by atoms with Crippen LogP contribution in [0.5, 0.6) is 0 Å². The van der Waals surface area contributed by atoms with Crippen molar-refractivity contribution in [1.29, 1.82) is 0 Å². The molecule has 1 aromatic rings. The summed E-state index contributed by atoms with van der Waals surface area (Å²) in [6.45, 7) is 3.47. The topological polar surface area (TPSA) is 32.3 Å². The molecule has 2 aliphatic heterocycles. The van der Waals surface area contributed by atoms with Gasteiger partial charge in [0.15, 0.2) is 0 Å². The highest BCUT2D eigenvalue weighted by atomic mass is 16.1. The number of fused-ring (bicyclic) bond motifs is 2. The Kier molecular flexibility index (Phi) is 5.50. The van der Waals surface area contributed by atoms with Crippen LogP contribution in [0.2, 0.25) is 0 Å². The zero-order valence-corrected chi connectivity index (χ0v) is 14.1. The predicted octanol–water partition coefficient (Wildman–Crippen LogP) is 3.61. The van der Waals surface area contributed by atoms with Gasteiger partial charge in [-0.15, -0.1) is 0 Å². The highest BCUT2D eigenvalue weighted by Crippen LogP contribution is 2.34. The van der Waals surface area contributed by atoms with Crippen molar-refractivity contribution in [2.24, 2.45) is 0 Å². The standard InChI is InChI=1S/C20H28N2O/c1-2-13-22-18-9-6-10-19(22)15-17(14-18)21-20(23)12-11-16-7-4-3-5-8-16/h3-5,7-8,11-12,17-19H,2,6,9-10,13-15H2,1H3,(H,21,23)/b12-11+/t17?,18-,19+. The van der Waals surface area contributed by atoms with Crippen molar-refractivity contribution >= 4 is 12.0 Å². The Bertz CT molecular complexity index is 526. The molecule has 1 unspecified atom stereocenters. The van der Waals surface area contributed by atoms with Gasteiger partial charge in [-0.3, -0.25) is 9.69 Å². The maximum Gasteiger partial charge on any atom is 0.244 e. The Hall–Kier alpha value is -1.61. The molecule has 0 radical (unpaired) electrons. The van der Waals surface area contributed by atoms with Gasteiger partial charge in [0, 0.05) is 24.2 Å². The predicted molar refractivity (Wildman–Crippen MR) is 95.1 cm³/mol. The molecule has 3 heteroatoms. The van der Waals surface area contributed by atoms with Gasteiger partial charge in [0.2, 0.25) is 5.91 Å². The minimum Gasteiger partial charge on any atom is -0.350 e. The molecule has 1 amide bonds. The first-order valence-corrected chi connectivity index (χ1v) is 9.05. The molecule has 23 heavy (non-hydrogen) atoms. The Morgan fingerprint density at radius 1 is 1.22 bits per heavy atom. The number of hydrogen-bond donors (Lipinski definition) is 1. The van der Waals surface area contributed by atoms with E-state index in [1.165, 1.54) is 32.2 Å². The van der Waals surface area contributed by atoms with E-state index in [0.717, 1.165) is 18.4 Å². The fourth-order valence-electron chi connectivity index (χ4n) is 4.21. The van der Waals surface area contributed by atoms with Crippen LogP contribution in [-0.2, 0) is 4.79 Å². The summed E-state index contributed by atoms with van der Waals surface area (Å²) in [5.74, 6) is 0.0425. The third kappa shape index (κ3) is 4.23. The largest absolute Gasteiger partial charge is 0.350 e. The molecule has 3 rings (SSSR count). The van der Waals surface area contributed by atoms with Crippen LogP contribution in [0, 0.1) is 0 Å². The van der Waals surface area contributed by atoms with Crippen molar-refractivity contribution in [1.82, 2.24) is 10.2 Å². The van der Waals surface area contributed by atoms with E-state index in [1.807, 2.05) is 36.4 Å². The molecule has 3 atom stereocenters. The van der Waals surface area contributed by atoms with Crippen LogP contribution in [0.25, 0.3) is 6.08 Å². The molecule has 1 aromatic carbocycles. The second kappa shape index (κ2) is 7.78. The van der Waals surface area contributed by atoms with Gasteiger partial charge in [-0.05, 0) is 50.3 Å². The minimum absolute atomic E-state index is 0.0425. The maximum atomic E-state index is 12.2. The van der Waals surface area contributed by atoms with Gasteiger partial charge in [-0.25, -0.2) is 0 Å². The van der Waals surface area contributed by atoms with E-state index in [1.54, 1.807) is 6.08 Å². The second-order valence-electron chi connectivity index (χ2n) is 6.90. The van der Waals surface area contributed by atoms with Crippen molar-refractivity contribution in [2.45, 2.75) is 63.6 Å². The molecule has 0 saturated carbocycles. The average molecular weight is 312 g/mol. The third-order valence-electron chi connectivity index (χ3n) is 5.18. The van der Waals surface area contributed by atoms with Gasteiger partial charge in [0.1, 0.15) is 0 Å². The maximum absolute atomic E-state index is 12.2. The van der Waals surface area contributed by atoms with E-state index in [9.17, 15) is 4.79 Å². The number of piperidine rings is 2. The molecule has 3 nitrogen and oxygen atoms in total. The van der Waals surface area contributed by atoms with Crippen LogP contribution in [0.15, 0.2) is 36.4 Å². The van der Waals surface area contributed by atoms with E-state index < -0.39 is 0 Å². The molecule has 2 saturated heterocycles. The molecule has 0 aliphatic carbocycles. The lowest BCUT2D eigenvalue weighted by Gasteiger charge is -2.49. The minimum atomic E-state index is 0.0425. The fourth-order valence-corrected chi connectivity index (χ4v) is 4.21. The van der Waals surface area contributed by atoms with E-state index in [-0.39, 0.29) is 5.91 Å². The monoisotopic (exact) mass is 312 g/mol. The van der Waals surface area contributed by atoms with Crippen LogP contribution in [0.1, 0.15) is 51.0 Å². The van der Waals surface area contributed by atoms with Crippen molar-refractivity contribution < 1.29 is 4.79 Å². The number of nitrogens with one attached hydrogen (secondary N) is 1. The summed E-state index contributed by atoms with van der Waals surface area (Å²) in [6, 6.07) is 11.7. The summed E-state index contributed by atoms with van der Waals surface area (Å²) >= 11 is 0. The number of nitrogens with zero attached hydrogens (tertiary/aromatic N) is 1. The Labute approximate surface area is 139 Å². The molecule has 0 aromatic heterocycles. The number of amides is 1. The molecule has 124 valence electrons. The molecule has 2 fully saturated rings. The van der Waals surface area contributed by atoms with Crippen molar-refractivity contribution in [3.8, 4) is 0 Å². The summed E-state index contributed by atoms with van der Waals surface area (Å²) in [6.07, 6.45) is 11.0. The Balaban J connectivity index is 1.55. The summed E-state index contributed by atoms with van der Waals surface area (Å²) < 4.78 is 0. The summed E-state index contributed by atoms with van der Waals surface area (Å²) in [5.41, 5.74) is 1.07. The van der Waals surface area contributed by atoms with Crippen LogP contribution < -0.4 is 5.32 Å². The van der Waals surface area contributed by atoms with Gasteiger partial charge in [0.25, 0.3) is 0 Å². The molecular formula is C20H28N2O. The van der Waals surface area contributed by atoms with Gasteiger partial charge in [0.05, 0.1) is 0 Å². The summed E-state index contributed by atoms with van der Waals surface area (Å²) in [7, 11) is 0. The van der Waals surface area contributed by atoms with E-state index >= 15 is 0 Å². The van der Waals surface area contributed by atoms with Gasteiger partial charge in [-0.1, -0.05) is 43.7 Å². The molecular weight excluding hydrogens is 284 g/mol. The molecule has 1 N–H and O–H groups in total. The number of benzene rings is 1. The summed E-state index contributed by atoms with van der Waals surface area (Å²) in [5, 5.41) is 3.23. The van der Waals surface area contributed by atoms with Crippen molar-refractivity contribution in [3.05, 3.63) is 42.0 Å². The molecule has 2 bridgehead atoms. The lowest BCUT2D eigenvalue weighted by Crippen LogP contribution is -2.56. The molecule has 2 heterocycles. The van der Waals surface area contributed by atoms with Crippen LogP contribution >= 0.6 is 0 Å². The smallest absolute Gasteiger partial charge is 0.244 e. The zero-order valence-electron chi connectivity index (χ0n) is 14.1. The van der Waals surface area contributed by atoms with Crippen molar-refractivity contribution in [2.75, 3.05) is 6.54 Å². The van der Waals surface area contributed by atoms with Crippen molar-refractivity contribution in [3.63, 3.8) is 0 Å². The number of rotatable bonds is 5. The second-order valence-corrected chi connectivity index (χ2v) is 6.90. The first kappa shape index (κ1) is 16.3. The van der Waals surface area contributed by atoms with Crippen LogP contribution in [-0.4, -0.2) is 35.5 Å². The summed E-state index contributed by atoms with van der Waals surface area (Å²) in [4.78, 5) is 14.9. The quantitative estimate of drug-likeness (QED) is 0.842. The Morgan fingerprint density at radius 2 is 1.91 bits per heavy atom. The highest BCUT2D eigenvalue weighted by Gasteiger charge is 2.37. The lowest BCUT2D eigenvalue weighted by atomic mass is 9.81. The first-order valence-electron chi connectivity index (χ1n) is 9.05. The van der Waals surface area contributed by atoms with E-state index in [4.69, 9.17) is 0 Å². The average Bonchev–Trinajstić information content (AvgIpc) is 2.55. The molecule has 0 spiro atoms. The van der Waals surface area contributed by atoms with E-state index in [2.05, 4.69) is 17.1 Å². The lowest BCUT2D eigenvalue weighted by molar-refractivity contribution is -0.118. The highest BCUT2D eigenvalue weighted by molar-refractivity contribution is 5.91. The van der Waals surface area contributed by atoms with Gasteiger partial charge >= 0.3 is 0 Å². The number of carbonyl (C=O) groups is 1. The van der Waals surface area contributed by atoms with Gasteiger partial charge in [-0.2, -0.15) is 0 Å². The third-order valence-corrected chi connectivity index (χ3v) is 5.18. The number of hydrogen-bond acceptors (Lipinski definition) is 2. The normalized spacial score (nSPS) is 28.0. The number of carbonyl (C=O) groups excluding carboxylic acids is 1. The van der Waals surface area contributed by atoms with E-state index in [0.29, 0.717) is 18.1 Å². The Morgan fingerprint density at radius 3 is 2.57 bits per heavy atom. The molecule has 2 aliphatic rings.